The van der Waals surface area contributed by atoms with Crippen LogP contribution in [0.2, 0.25) is 0 Å². The van der Waals surface area contributed by atoms with Gasteiger partial charge in [-0.25, -0.2) is 4.79 Å². The van der Waals surface area contributed by atoms with E-state index in [9.17, 15) is 9.90 Å². The summed E-state index contributed by atoms with van der Waals surface area (Å²) in [6.07, 6.45) is 1.29. The van der Waals surface area contributed by atoms with Crippen LogP contribution < -0.4 is 10.5 Å². The maximum atomic E-state index is 11.6. The van der Waals surface area contributed by atoms with E-state index in [4.69, 9.17) is 4.42 Å². The third-order valence-electron chi connectivity index (χ3n) is 3.42. The number of benzene rings is 1. The predicted octanol–water partition coefficient (Wildman–Crippen LogP) is 2.86. The summed E-state index contributed by atoms with van der Waals surface area (Å²) in [5, 5.41) is 10.9. The van der Waals surface area contributed by atoms with Crippen LogP contribution in [-0.4, -0.2) is 18.7 Å². The van der Waals surface area contributed by atoms with Crippen LogP contribution >= 0.6 is 0 Å². The molecule has 20 heavy (non-hydrogen) atoms. The van der Waals surface area contributed by atoms with Crippen molar-refractivity contribution in [3.05, 3.63) is 52.9 Å². The SMILES string of the molecule is C=CCC(O)c1cc(=O)oc2cc(N(C)CC)ccc12. The number of nitrogens with zero attached hydrogens (tertiary/aromatic N) is 1. The second-order valence-corrected chi connectivity index (χ2v) is 4.76. The number of aliphatic hydroxyl groups is 1. The monoisotopic (exact) mass is 273 g/mol. The molecule has 1 N–H and O–H groups in total. The molecule has 2 rings (SSSR count). The summed E-state index contributed by atoms with van der Waals surface area (Å²) in [4.78, 5) is 13.7. The zero-order valence-corrected chi connectivity index (χ0v) is 11.8. The Morgan fingerprint density at radius 2 is 2.20 bits per heavy atom. The van der Waals surface area contributed by atoms with Crippen molar-refractivity contribution in [2.45, 2.75) is 19.4 Å². The first-order valence-corrected chi connectivity index (χ1v) is 6.64. The molecule has 0 saturated heterocycles. The zero-order chi connectivity index (χ0) is 14.7. The molecule has 0 aliphatic rings. The van der Waals surface area contributed by atoms with Crippen LogP contribution in [0.3, 0.4) is 0 Å². The maximum absolute atomic E-state index is 11.6. The normalized spacial score (nSPS) is 12.3. The van der Waals surface area contributed by atoms with E-state index < -0.39 is 11.7 Å². The van der Waals surface area contributed by atoms with Crippen molar-refractivity contribution >= 4 is 16.7 Å². The van der Waals surface area contributed by atoms with Gasteiger partial charge in [0.2, 0.25) is 0 Å². The van der Waals surface area contributed by atoms with Gasteiger partial charge in [0.25, 0.3) is 0 Å². The van der Waals surface area contributed by atoms with Gasteiger partial charge in [0.05, 0.1) is 6.10 Å². The lowest BCUT2D eigenvalue weighted by atomic mass is 10.0. The number of fused-ring (bicyclic) bond motifs is 1. The van der Waals surface area contributed by atoms with Gasteiger partial charge in [-0.2, -0.15) is 0 Å². The van der Waals surface area contributed by atoms with Gasteiger partial charge in [0.15, 0.2) is 0 Å². The van der Waals surface area contributed by atoms with Crippen molar-refractivity contribution in [1.29, 1.82) is 0 Å². The summed E-state index contributed by atoms with van der Waals surface area (Å²) < 4.78 is 5.25. The molecule has 1 aromatic carbocycles. The van der Waals surface area contributed by atoms with Crippen molar-refractivity contribution < 1.29 is 9.52 Å². The fourth-order valence-electron chi connectivity index (χ4n) is 2.16. The van der Waals surface area contributed by atoms with Gasteiger partial charge in [0, 0.05) is 36.8 Å². The number of hydrogen-bond donors (Lipinski definition) is 1. The Balaban J connectivity index is 2.60. The molecule has 0 aliphatic heterocycles. The summed E-state index contributed by atoms with van der Waals surface area (Å²) in [5.41, 5.74) is 1.60. The molecule has 4 heteroatoms. The molecular weight excluding hydrogens is 254 g/mol. The van der Waals surface area contributed by atoms with Gasteiger partial charge >= 0.3 is 5.63 Å². The highest BCUT2D eigenvalue weighted by molar-refractivity contribution is 5.84. The van der Waals surface area contributed by atoms with Crippen LogP contribution in [0.4, 0.5) is 5.69 Å². The third-order valence-corrected chi connectivity index (χ3v) is 3.42. The molecule has 1 unspecified atom stereocenters. The fourth-order valence-corrected chi connectivity index (χ4v) is 2.16. The molecule has 106 valence electrons. The summed E-state index contributed by atoms with van der Waals surface area (Å²) >= 11 is 0. The Morgan fingerprint density at radius 1 is 1.45 bits per heavy atom. The minimum absolute atomic E-state index is 0.398. The first-order chi connectivity index (χ1) is 9.56. The maximum Gasteiger partial charge on any atom is 0.336 e. The average Bonchev–Trinajstić information content (AvgIpc) is 2.45. The Hall–Kier alpha value is -2.07. The lowest BCUT2D eigenvalue weighted by Crippen LogP contribution is -2.15. The van der Waals surface area contributed by atoms with E-state index in [1.165, 1.54) is 6.07 Å². The molecule has 2 aromatic rings. The second kappa shape index (κ2) is 5.92. The summed E-state index contributed by atoms with van der Waals surface area (Å²) in [5.74, 6) is 0. The predicted molar refractivity (Wildman–Crippen MR) is 81.2 cm³/mol. The topological polar surface area (TPSA) is 53.7 Å². The molecule has 0 aliphatic carbocycles. The molecular formula is C16H19NO3. The van der Waals surface area contributed by atoms with Crippen LogP contribution in [0.5, 0.6) is 0 Å². The first kappa shape index (κ1) is 14.3. The summed E-state index contributed by atoms with van der Waals surface area (Å²) in [7, 11) is 1.97. The molecule has 1 atom stereocenters. The summed E-state index contributed by atoms with van der Waals surface area (Å²) in [6.45, 7) is 6.51. The molecule has 0 bridgehead atoms. The van der Waals surface area contributed by atoms with Crippen molar-refractivity contribution in [3.63, 3.8) is 0 Å². The molecule has 0 saturated carbocycles. The molecule has 0 radical (unpaired) electrons. The molecule has 4 nitrogen and oxygen atoms in total. The van der Waals surface area contributed by atoms with E-state index in [2.05, 4.69) is 6.58 Å². The lowest BCUT2D eigenvalue weighted by Gasteiger charge is -2.18. The van der Waals surface area contributed by atoms with E-state index in [0.717, 1.165) is 17.6 Å². The number of hydrogen-bond acceptors (Lipinski definition) is 4. The summed E-state index contributed by atoms with van der Waals surface area (Å²) in [6, 6.07) is 7.00. The minimum Gasteiger partial charge on any atom is -0.423 e. The highest BCUT2D eigenvalue weighted by atomic mass is 16.4. The van der Waals surface area contributed by atoms with Gasteiger partial charge in [-0.15, -0.1) is 6.58 Å². The van der Waals surface area contributed by atoms with Crippen LogP contribution in [0, 0.1) is 0 Å². The molecule has 1 aromatic heterocycles. The molecule has 1 heterocycles. The van der Waals surface area contributed by atoms with Crippen LogP contribution in [-0.2, 0) is 0 Å². The highest BCUT2D eigenvalue weighted by Crippen LogP contribution is 2.28. The average molecular weight is 273 g/mol. The Kier molecular flexibility index (Phi) is 4.25. The first-order valence-electron chi connectivity index (χ1n) is 6.64. The van der Waals surface area contributed by atoms with Gasteiger partial charge in [-0.05, 0) is 31.0 Å². The standard InChI is InChI=1S/C16H19NO3/c1-4-6-14(18)13-10-16(19)20-15-9-11(17(3)5-2)7-8-12(13)15/h4,7-10,14,18H,1,5-6H2,2-3H3. The van der Waals surface area contributed by atoms with E-state index in [1.54, 1.807) is 6.08 Å². The molecule has 0 spiro atoms. The number of anilines is 1. The Bertz CT molecular complexity index is 675. The van der Waals surface area contributed by atoms with Crippen LogP contribution in [0.15, 0.2) is 46.1 Å². The number of rotatable bonds is 5. The second-order valence-electron chi connectivity index (χ2n) is 4.76. The quantitative estimate of drug-likeness (QED) is 0.672. The van der Waals surface area contributed by atoms with Gasteiger partial charge in [-0.1, -0.05) is 6.08 Å². The fraction of sp³-hybridized carbons (Fsp3) is 0.312. The zero-order valence-electron chi connectivity index (χ0n) is 11.8. The van der Waals surface area contributed by atoms with Gasteiger partial charge < -0.3 is 14.4 Å². The Morgan fingerprint density at radius 3 is 2.85 bits per heavy atom. The minimum atomic E-state index is -0.742. The number of aliphatic hydroxyl groups excluding tert-OH is 1. The smallest absolute Gasteiger partial charge is 0.336 e. The van der Waals surface area contributed by atoms with Crippen molar-refractivity contribution in [2.24, 2.45) is 0 Å². The van der Waals surface area contributed by atoms with E-state index in [0.29, 0.717) is 17.6 Å². The van der Waals surface area contributed by atoms with Crippen LogP contribution in [0.1, 0.15) is 25.0 Å². The van der Waals surface area contributed by atoms with Gasteiger partial charge in [-0.3, -0.25) is 0 Å². The lowest BCUT2D eigenvalue weighted by molar-refractivity contribution is 0.182. The van der Waals surface area contributed by atoms with Crippen LogP contribution in [0.25, 0.3) is 11.0 Å². The highest BCUT2D eigenvalue weighted by Gasteiger charge is 2.13. The van der Waals surface area contributed by atoms with E-state index in [-0.39, 0.29) is 0 Å². The van der Waals surface area contributed by atoms with Crippen molar-refractivity contribution in [2.75, 3.05) is 18.5 Å². The van der Waals surface area contributed by atoms with Crippen molar-refractivity contribution in [1.82, 2.24) is 0 Å². The Labute approximate surface area is 117 Å². The van der Waals surface area contributed by atoms with Crippen molar-refractivity contribution in [3.8, 4) is 0 Å². The van der Waals surface area contributed by atoms with E-state index >= 15 is 0 Å². The van der Waals surface area contributed by atoms with Gasteiger partial charge in [0.1, 0.15) is 5.58 Å². The molecule has 0 fully saturated rings. The molecule has 0 amide bonds. The largest absolute Gasteiger partial charge is 0.423 e. The third kappa shape index (κ3) is 2.75. The van der Waals surface area contributed by atoms with E-state index in [1.807, 2.05) is 37.1 Å².